The minimum absolute atomic E-state index is 0.183. The van der Waals surface area contributed by atoms with Crippen molar-refractivity contribution in [1.29, 1.82) is 0 Å². The van der Waals surface area contributed by atoms with Gasteiger partial charge in [-0.3, -0.25) is 9.88 Å². The maximum atomic E-state index is 13.6. The van der Waals surface area contributed by atoms with Gasteiger partial charge in [0.05, 0.1) is 17.1 Å². The number of halogens is 2. The molecule has 0 amide bonds. The van der Waals surface area contributed by atoms with E-state index in [1.807, 2.05) is 30.5 Å². The topological polar surface area (TPSA) is 54.5 Å². The van der Waals surface area contributed by atoms with E-state index in [1.54, 1.807) is 18.3 Å². The van der Waals surface area contributed by atoms with Crippen LogP contribution in [0.3, 0.4) is 0 Å². The molecule has 3 aromatic rings. The lowest BCUT2D eigenvalue weighted by atomic mass is 9.64. The molecular formula is C29H28F2N4. The number of nitrogens with two attached hydrogens (primary N) is 1. The number of rotatable bonds is 5. The quantitative estimate of drug-likeness (QED) is 0.517. The number of aliphatic imine (C=N–C) groups is 1. The van der Waals surface area contributed by atoms with Crippen molar-refractivity contribution in [1.82, 2.24) is 9.88 Å². The highest BCUT2D eigenvalue weighted by Crippen LogP contribution is 2.47. The Labute approximate surface area is 204 Å². The van der Waals surface area contributed by atoms with Gasteiger partial charge in [-0.1, -0.05) is 23.8 Å². The molecule has 1 fully saturated rings. The van der Waals surface area contributed by atoms with E-state index in [0.29, 0.717) is 5.69 Å². The Kier molecular flexibility index (Phi) is 6.55. The molecule has 0 spiro atoms. The molecule has 0 saturated carbocycles. The van der Waals surface area contributed by atoms with Gasteiger partial charge in [-0.25, -0.2) is 13.8 Å². The predicted octanol–water partition coefficient (Wildman–Crippen LogP) is 5.74. The highest BCUT2D eigenvalue weighted by atomic mass is 19.1. The van der Waals surface area contributed by atoms with Crippen molar-refractivity contribution in [2.24, 2.45) is 16.1 Å². The number of pyridine rings is 1. The predicted molar refractivity (Wildman–Crippen MR) is 135 cm³/mol. The zero-order valence-corrected chi connectivity index (χ0v) is 19.5. The van der Waals surface area contributed by atoms with Gasteiger partial charge in [0.2, 0.25) is 0 Å². The molecule has 2 heterocycles. The number of nitrogens with zero attached hydrogens (tertiary/aromatic N) is 3. The maximum Gasteiger partial charge on any atom is 0.123 e. The van der Waals surface area contributed by atoms with Gasteiger partial charge in [-0.05, 0) is 91.2 Å². The third-order valence-electron chi connectivity index (χ3n) is 6.92. The number of allylic oxidation sites excluding steroid dienone is 2. The molecule has 5 rings (SSSR count). The number of fused-ring (bicyclic) bond motifs is 1. The minimum Gasteiger partial charge on any atom is -0.404 e. The summed E-state index contributed by atoms with van der Waals surface area (Å²) in [4.78, 5) is 11.7. The lowest BCUT2D eigenvalue weighted by Gasteiger charge is -2.48. The molecule has 2 aliphatic rings. The zero-order chi connectivity index (χ0) is 24.3. The van der Waals surface area contributed by atoms with E-state index in [-0.39, 0.29) is 17.0 Å². The Bertz CT molecular complexity index is 1260. The second-order valence-corrected chi connectivity index (χ2v) is 9.38. The van der Waals surface area contributed by atoms with Crippen molar-refractivity contribution >= 4 is 11.4 Å². The first kappa shape index (κ1) is 23.1. The fourth-order valence-electron chi connectivity index (χ4n) is 5.24. The third kappa shape index (κ3) is 5.23. The number of hydrogen-bond donors (Lipinski definition) is 1. The lowest BCUT2D eigenvalue weighted by Crippen LogP contribution is -2.48. The summed E-state index contributed by atoms with van der Waals surface area (Å²) in [6.45, 7) is 2.53. The Balaban J connectivity index is 1.51. The molecule has 178 valence electrons. The van der Waals surface area contributed by atoms with Crippen LogP contribution >= 0.6 is 0 Å². The van der Waals surface area contributed by atoms with Crippen LogP contribution in [-0.4, -0.2) is 28.7 Å². The normalized spacial score (nSPS) is 22.7. The second kappa shape index (κ2) is 9.92. The molecule has 1 aliphatic heterocycles. The first-order valence-corrected chi connectivity index (χ1v) is 11.9. The maximum absolute atomic E-state index is 13.6. The fourth-order valence-corrected chi connectivity index (χ4v) is 5.24. The average Bonchev–Trinajstić information content (AvgIpc) is 2.87. The standard InChI is InChI=1S/C29H28F2N4/c30-24-6-4-21(5-7-24)16-29-17-22(18-32)28(34-26-10-8-25(31)9-11-26)15-23(29)12-14-35(20-29)19-27-3-1-2-13-33-27/h1-11,13,15,18H,12,14,16-17,19-20,32H2. The smallest absolute Gasteiger partial charge is 0.123 e. The van der Waals surface area contributed by atoms with Crippen molar-refractivity contribution in [2.75, 3.05) is 13.1 Å². The second-order valence-electron chi connectivity index (χ2n) is 9.38. The van der Waals surface area contributed by atoms with Crippen molar-refractivity contribution in [2.45, 2.75) is 25.8 Å². The van der Waals surface area contributed by atoms with E-state index in [9.17, 15) is 8.78 Å². The van der Waals surface area contributed by atoms with Crippen LogP contribution in [0.15, 0.2) is 101 Å². The molecule has 2 N–H and O–H groups in total. The molecule has 35 heavy (non-hydrogen) atoms. The van der Waals surface area contributed by atoms with E-state index >= 15 is 0 Å². The molecular weight excluding hydrogens is 442 g/mol. The molecule has 6 heteroatoms. The summed E-state index contributed by atoms with van der Waals surface area (Å²) in [5.41, 5.74) is 11.9. The molecule has 1 atom stereocenters. The van der Waals surface area contributed by atoms with Gasteiger partial charge in [-0.2, -0.15) is 0 Å². The van der Waals surface area contributed by atoms with Crippen LogP contribution in [0, 0.1) is 17.0 Å². The summed E-state index contributed by atoms with van der Waals surface area (Å²) < 4.78 is 27.0. The van der Waals surface area contributed by atoms with Crippen LogP contribution in [0.5, 0.6) is 0 Å². The zero-order valence-electron chi connectivity index (χ0n) is 19.5. The highest BCUT2D eigenvalue weighted by molar-refractivity contribution is 6.11. The van der Waals surface area contributed by atoms with Crippen LogP contribution in [0.1, 0.15) is 24.1 Å². The fraction of sp³-hybridized carbons (Fsp3) is 0.241. The molecule has 1 aromatic heterocycles. The van der Waals surface area contributed by atoms with Gasteiger partial charge in [0.25, 0.3) is 0 Å². The van der Waals surface area contributed by atoms with Gasteiger partial charge in [0.15, 0.2) is 0 Å². The van der Waals surface area contributed by atoms with E-state index in [0.717, 1.165) is 61.4 Å². The Hall–Kier alpha value is -3.64. The molecule has 0 bridgehead atoms. The Morgan fingerprint density at radius 3 is 2.43 bits per heavy atom. The first-order chi connectivity index (χ1) is 17.0. The molecule has 4 nitrogen and oxygen atoms in total. The van der Waals surface area contributed by atoms with Crippen LogP contribution in [0.4, 0.5) is 14.5 Å². The summed E-state index contributed by atoms with van der Waals surface area (Å²) in [7, 11) is 0. The molecule has 2 aromatic carbocycles. The molecule has 1 saturated heterocycles. The van der Waals surface area contributed by atoms with E-state index in [2.05, 4.69) is 22.0 Å². The summed E-state index contributed by atoms with van der Waals surface area (Å²) in [6.07, 6.45) is 8.03. The van der Waals surface area contributed by atoms with Crippen LogP contribution < -0.4 is 5.73 Å². The molecule has 1 unspecified atom stereocenters. The van der Waals surface area contributed by atoms with E-state index in [1.165, 1.54) is 29.8 Å². The summed E-state index contributed by atoms with van der Waals surface area (Å²) in [5.74, 6) is -0.522. The Morgan fingerprint density at radius 2 is 1.74 bits per heavy atom. The molecule has 1 aliphatic carbocycles. The first-order valence-electron chi connectivity index (χ1n) is 11.9. The SMILES string of the molecule is NC=C1CC2(Cc3ccc(F)cc3)CN(Cc3ccccn3)CCC2=CC1=Nc1ccc(F)cc1. The van der Waals surface area contributed by atoms with Gasteiger partial charge in [0.1, 0.15) is 11.6 Å². The number of hydrogen-bond acceptors (Lipinski definition) is 4. The van der Waals surface area contributed by atoms with Crippen molar-refractivity contribution < 1.29 is 8.78 Å². The number of aromatic nitrogens is 1. The minimum atomic E-state index is -0.288. The third-order valence-corrected chi connectivity index (χ3v) is 6.92. The van der Waals surface area contributed by atoms with Gasteiger partial charge in [-0.15, -0.1) is 0 Å². The lowest BCUT2D eigenvalue weighted by molar-refractivity contribution is 0.130. The average molecular weight is 471 g/mol. The largest absolute Gasteiger partial charge is 0.404 e. The summed E-state index contributed by atoms with van der Waals surface area (Å²) >= 11 is 0. The van der Waals surface area contributed by atoms with Crippen molar-refractivity contribution in [3.63, 3.8) is 0 Å². The van der Waals surface area contributed by atoms with Gasteiger partial charge in [0, 0.05) is 31.2 Å². The number of likely N-dealkylation sites (tertiary alicyclic amines) is 1. The van der Waals surface area contributed by atoms with Gasteiger partial charge >= 0.3 is 0 Å². The van der Waals surface area contributed by atoms with E-state index in [4.69, 9.17) is 10.7 Å². The highest BCUT2D eigenvalue weighted by Gasteiger charge is 2.43. The van der Waals surface area contributed by atoms with Crippen molar-refractivity contribution in [3.05, 3.63) is 119 Å². The van der Waals surface area contributed by atoms with Crippen LogP contribution in [0.25, 0.3) is 0 Å². The Morgan fingerprint density at radius 1 is 1.00 bits per heavy atom. The number of piperidine rings is 1. The van der Waals surface area contributed by atoms with Gasteiger partial charge < -0.3 is 5.73 Å². The van der Waals surface area contributed by atoms with Crippen LogP contribution in [-0.2, 0) is 13.0 Å². The summed E-state index contributed by atoms with van der Waals surface area (Å²) in [6, 6.07) is 18.9. The summed E-state index contributed by atoms with van der Waals surface area (Å²) in [5, 5.41) is 0. The molecule has 0 radical (unpaired) electrons. The number of benzene rings is 2. The van der Waals surface area contributed by atoms with Crippen molar-refractivity contribution in [3.8, 4) is 0 Å². The van der Waals surface area contributed by atoms with E-state index < -0.39 is 0 Å². The monoisotopic (exact) mass is 470 g/mol. The van der Waals surface area contributed by atoms with Crippen LogP contribution in [0.2, 0.25) is 0 Å².